The van der Waals surface area contributed by atoms with Crippen molar-refractivity contribution >= 4 is 23.2 Å². The average molecular weight is 479 g/mol. The molecule has 0 saturated carbocycles. The molecule has 1 aliphatic rings. The van der Waals surface area contributed by atoms with E-state index in [4.69, 9.17) is 15.2 Å². The van der Waals surface area contributed by atoms with E-state index in [1.165, 1.54) is 13.2 Å². The van der Waals surface area contributed by atoms with Gasteiger partial charge in [-0.2, -0.15) is 13.2 Å². The molecule has 2 aromatic carbocycles. The van der Waals surface area contributed by atoms with Crippen molar-refractivity contribution in [2.24, 2.45) is 5.73 Å². The van der Waals surface area contributed by atoms with Crippen molar-refractivity contribution < 1.29 is 32.2 Å². The number of methoxy groups -OCH3 is 1. The van der Waals surface area contributed by atoms with E-state index in [0.717, 1.165) is 38.0 Å². The van der Waals surface area contributed by atoms with Gasteiger partial charge in [0.2, 0.25) is 11.8 Å². The number of rotatable bonds is 9. The third-order valence-corrected chi connectivity index (χ3v) is 5.51. The second-order valence-electron chi connectivity index (χ2n) is 8.08. The summed E-state index contributed by atoms with van der Waals surface area (Å²) in [7, 11) is 1.33. The molecule has 1 heterocycles. The molecular formula is C24H28F3N3O4. The third kappa shape index (κ3) is 7.03. The summed E-state index contributed by atoms with van der Waals surface area (Å²) in [6.45, 7) is 0.303. The van der Waals surface area contributed by atoms with Crippen LogP contribution in [-0.2, 0) is 11.2 Å². The van der Waals surface area contributed by atoms with Crippen LogP contribution >= 0.6 is 0 Å². The van der Waals surface area contributed by atoms with Gasteiger partial charge in [0.05, 0.1) is 18.5 Å². The van der Waals surface area contributed by atoms with Crippen LogP contribution in [0.25, 0.3) is 0 Å². The van der Waals surface area contributed by atoms with Crippen molar-refractivity contribution in [3.05, 3.63) is 47.5 Å². The Labute approximate surface area is 196 Å². The van der Waals surface area contributed by atoms with Crippen molar-refractivity contribution in [3.8, 4) is 11.5 Å². The Morgan fingerprint density at radius 2 is 1.79 bits per heavy atom. The highest BCUT2D eigenvalue weighted by atomic mass is 19.4. The van der Waals surface area contributed by atoms with Gasteiger partial charge in [-0.25, -0.2) is 0 Å². The number of amides is 2. The molecule has 1 saturated heterocycles. The van der Waals surface area contributed by atoms with Gasteiger partial charge >= 0.3 is 6.18 Å². The van der Waals surface area contributed by atoms with Crippen LogP contribution in [0, 0.1) is 0 Å². The molecule has 0 radical (unpaired) electrons. The van der Waals surface area contributed by atoms with Crippen LogP contribution in [0.15, 0.2) is 36.4 Å². The first kappa shape index (κ1) is 25.2. The average Bonchev–Trinajstić information content (AvgIpc) is 2.81. The van der Waals surface area contributed by atoms with Gasteiger partial charge in [0.1, 0.15) is 0 Å². The monoisotopic (exact) mass is 479 g/mol. The Morgan fingerprint density at radius 1 is 1.06 bits per heavy atom. The van der Waals surface area contributed by atoms with E-state index in [0.29, 0.717) is 23.2 Å². The molecule has 2 aromatic rings. The summed E-state index contributed by atoms with van der Waals surface area (Å²) < 4.78 is 47.2. The fourth-order valence-electron chi connectivity index (χ4n) is 3.82. The maximum atomic E-state index is 12.7. The van der Waals surface area contributed by atoms with Crippen LogP contribution in [0.2, 0.25) is 0 Å². The number of nitrogens with two attached hydrogens (primary N) is 1. The molecular weight excluding hydrogens is 451 g/mol. The number of nitrogens with zero attached hydrogens (tertiary/aromatic N) is 1. The molecule has 3 rings (SSSR count). The third-order valence-electron chi connectivity index (χ3n) is 5.51. The van der Waals surface area contributed by atoms with Gasteiger partial charge in [-0.15, -0.1) is 0 Å². The standard InChI is InChI=1S/C24H28F3N3O4/c1-33-21-13-16(5-9-20(21)34-15-24(25,26)27)6-10-22(31)29-18-14-17(23(28)32)7-8-19(18)30-11-3-2-4-12-30/h5,7-9,13-14H,2-4,6,10-12,15H2,1H3,(H2,28,32)(H,29,31). The summed E-state index contributed by atoms with van der Waals surface area (Å²) in [5.41, 5.74) is 7.78. The first-order chi connectivity index (χ1) is 16.2. The van der Waals surface area contributed by atoms with Gasteiger partial charge in [-0.3, -0.25) is 9.59 Å². The molecule has 184 valence electrons. The lowest BCUT2D eigenvalue weighted by atomic mass is 10.1. The molecule has 7 nitrogen and oxygen atoms in total. The van der Waals surface area contributed by atoms with Crippen LogP contribution < -0.4 is 25.4 Å². The quantitative estimate of drug-likeness (QED) is 0.560. The van der Waals surface area contributed by atoms with Crippen LogP contribution in [0.5, 0.6) is 11.5 Å². The largest absolute Gasteiger partial charge is 0.493 e. The zero-order chi connectivity index (χ0) is 24.7. The summed E-state index contributed by atoms with van der Waals surface area (Å²) in [6.07, 6.45) is -0.755. The molecule has 2 amide bonds. The molecule has 1 aliphatic heterocycles. The molecule has 34 heavy (non-hydrogen) atoms. The molecule has 0 spiro atoms. The number of hydrogen-bond donors (Lipinski definition) is 2. The summed E-state index contributed by atoms with van der Waals surface area (Å²) in [5, 5.41) is 2.88. The lowest BCUT2D eigenvalue weighted by Crippen LogP contribution is -2.30. The van der Waals surface area contributed by atoms with Gasteiger partial charge < -0.3 is 25.4 Å². The number of nitrogens with one attached hydrogen (secondary N) is 1. The first-order valence-electron chi connectivity index (χ1n) is 11.0. The number of piperidine rings is 1. The van der Waals surface area contributed by atoms with Gasteiger partial charge in [0, 0.05) is 25.1 Å². The fraction of sp³-hybridized carbons (Fsp3) is 0.417. The van der Waals surface area contributed by atoms with E-state index < -0.39 is 18.7 Å². The SMILES string of the molecule is COc1cc(CCC(=O)Nc2cc(C(N)=O)ccc2N2CCCCC2)ccc1OCC(F)(F)F. The minimum atomic E-state index is -4.46. The van der Waals surface area contributed by atoms with Crippen LogP contribution in [0.3, 0.4) is 0 Å². The van der Waals surface area contributed by atoms with E-state index in [9.17, 15) is 22.8 Å². The number of carbonyl (C=O) groups is 2. The number of halogens is 3. The van der Waals surface area contributed by atoms with E-state index in [1.54, 1.807) is 30.3 Å². The zero-order valence-corrected chi connectivity index (χ0v) is 18.9. The highest BCUT2D eigenvalue weighted by Gasteiger charge is 2.29. The maximum Gasteiger partial charge on any atom is 0.422 e. The number of anilines is 2. The number of hydrogen-bond acceptors (Lipinski definition) is 5. The molecule has 10 heteroatoms. The lowest BCUT2D eigenvalue weighted by Gasteiger charge is -2.30. The summed E-state index contributed by atoms with van der Waals surface area (Å²) in [6, 6.07) is 9.56. The van der Waals surface area contributed by atoms with Crippen LogP contribution in [0.1, 0.15) is 41.6 Å². The Hall–Kier alpha value is -3.43. The van der Waals surface area contributed by atoms with Crippen molar-refractivity contribution in [3.63, 3.8) is 0 Å². The topological polar surface area (TPSA) is 93.9 Å². The van der Waals surface area contributed by atoms with Crippen molar-refractivity contribution in [1.29, 1.82) is 0 Å². The molecule has 0 atom stereocenters. The maximum absolute atomic E-state index is 12.7. The number of aryl methyl sites for hydroxylation is 1. The molecule has 1 fully saturated rings. The van der Waals surface area contributed by atoms with Crippen molar-refractivity contribution in [2.75, 3.05) is 37.0 Å². The Morgan fingerprint density at radius 3 is 2.44 bits per heavy atom. The van der Waals surface area contributed by atoms with E-state index >= 15 is 0 Å². The highest BCUT2D eigenvalue weighted by Crippen LogP contribution is 2.31. The summed E-state index contributed by atoms with van der Waals surface area (Å²) in [5.74, 6) is -0.719. The molecule has 0 aliphatic carbocycles. The molecule has 0 bridgehead atoms. The molecule has 0 unspecified atom stereocenters. The number of carbonyl (C=O) groups excluding carboxylic acids is 2. The smallest absolute Gasteiger partial charge is 0.422 e. The highest BCUT2D eigenvalue weighted by molar-refractivity contribution is 5.99. The minimum absolute atomic E-state index is 0.0255. The molecule has 3 N–H and O–H groups in total. The van der Waals surface area contributed by atoms with Crippen molar-refractivity contribution in [1.82, 2.24) is 0 Å². The number of benzene rings is 2. The first-order valence-corrected chi connectivity index (χ1v) is 11.0. The van der Waals surface area contributed by atoms with Crippen molar-refractivity contribution in [2.45, 2.75) is 38.3 Å². The Bertz CT molecular complexity index is 1020. The second-order valence-corrected chi connectivity index (χ2v) is 8.08. The minimum Gasteiger partial charge on any atom is -0.493 e. The zero-order valence-electron chi connectivity index (χ0n) is 18.9. The summed E-state index contributed by atoms with van der Waals surface area (Å²) in [4.78, 5) is 26.5. The predicted molar refractivity (Wildman–Crippen MR) is 123 cm³/mol. The van der Waals surface area contributed by atoms with E-state index in [-0.39, 0.29) is 23.8 Å². The van der Waals surface area contributed by atoms with Gasteiger partial charge in [0.15, 0.2) is 18.1 Å². The fourth-order valence-corrected chi connectivity index (χ4v) is 3.82. The van der Waals surface area contributed by atoms with E-state index in [1.807, 2.05) is 0 Å². The van der Waals surface area contributed by atoms with Gasteiger partial charge in [-0.05, 0) is 61.6 Å². The Balaban J connectivity index is 1.67. The number of alkyl halides is 3. The van der Waals surface area contributed by atoms with Crippen LogP contribution in [-0.4, -0.2) is 44.8 Å². The summed E-state index contributed by atoms with van der Waals surface area (Å²) >= 11 is 0. The predicted octanol–water partition coefficient (Wildman–Crippen LogP) is 4.30. The molecule has 0 aromatic heterocycles. The van der Waals surface area contributed by atoms with Gasteiger partial charge in [-0.1, -0.05) is 6.07 Å². The Kier molecular flexibility index (Phi) is 8.25. The van der Waals surface area contributed by atoms with Crippen LogP contribution in [0.4, 0.5) is 24.5 Å². The second kappa shape index (κ2) is 11.1. The lowest BCUT2D eigenvalue weighted by molar-refractivity contribution is -0.153. The van der Waals surface area contributed by atoms with Gasteiger partial charge in [0.25, 0.3) is 0 Å². The van der Waals surface area contributed by atoms with E-state index in [2.05, 4.69) is 10.2 Å². The number of primary amides is 1. The number of ether oxygens (including phenoxy) is 2. The normalized spacial score (nSPS) is 13.9.